The molecular weight excluding hydrogens is 404 g/mol. The zero-order valence-corrected chi connectivity index (χ0v) is 22.4. The number of anilines is 1. The van der Waals surface area contributed by atoms with Crippen molar-refractivity contribution >= 4 is 23.6 Å². The Hall–Kier alpha value is -2.42. The van der Waals surface area contributed by atoms with Gasteiger partial charge in [0.15, 0.2) is 0 Å². The highest BCUT2D eigenvalue weighted by Crippen LogP contribution is 2.41. The SMILES string of the molecule is CC(C)c1cccc(C(C)C)c1N1C=[N+](c2c(C(C)C)cccc2C(C)C)CC(C)(C)C1=O. The Balaban J connectivity index is 2.36. The van der Waals surface area contributed by atoms with Gasteiger partial charge >= 0.3 is 5.91 Å². The molecule has 0 radical (unpaired) electrons. The van der Waals surface area contributed by atoms with Gasteiger partial charge in [-0.05, 0) is 37.5 Å². The molecule has 1 aliphatic rings. The minimum Gasteiger partial charge on any atom is -0.246 e. The minimum absolute atomic E-state index is 0.168. The summed E-state index contributed by atoms with van der Waals surface area (Å²) in [5, 5.41) is 0. The molecule has 0 unspecified atom stereocenters. The average Bonchev–Trinajstić information content (AvgIpc) is 2.74. The van der Waals surface area contributed by atoms with E-state index in [-0.39, 0.29) is 5.91 Å². The molecule has 1 aliphatic heterocycles. The van der Waals surface area contributed by atoms with Gasteiger partial charge < -0.3 is 0 Å². The monoisotopic (exact) mass is 447 g/mol. The van der Waals surface area contributed by atoms with Gasteiger partial charge in [0.2, 0.25) is 0 Å². The average molecular weight is 448 g/mol. The molecule has 0 spiro atoms. The number of nitrogens with zero attached hydrogens (tertiary/aromatic N) is 2. The van der Waals surface area contributed by atoms with Crippen LogP contribution in [0.3, 0.4) is 0 Å². The first kappa shape index (κ1) is 25.2. The molecule has 3 nitrogen and oxygen atoms in total. The standard InChI is InChI=1S/C30H43N2O/c1-19(2)23-13-11-14-24(20(3)4)27(23)31-17-30(9,10)29(33)32(18-31)28-25(21(5)6)15-12-16-26(28)22(7)8/h11-16,18-22H,17H2,1-10H3/q+1. The summed E-state index contributed by atoms with van der Waals surface area (Å²) in [5.41, 5.74) is 6.95. The van der Waals surface area contributed by atoms with E-state index in [1.807, 2.05) is 4.90 Å². The number of carbonyl (C=O) groups excluding carboxylic acids is 1. The number of amides is 1. The molecule has 0 bridgehead atoms. The van der Waals surface area contributed by atoms with Crippen LogP contribution in [0.2, 0.25) is 0 Å². The van der Waals surface area contributed by atoms with Crippen molar-refractivity contribution in [1.29, 1.82) is 0 Å². The van der Waals surface area contributed by atoms with Gasteiger partial charge in [0, 0.05) is 22.3 Å². The van der Waals surface area contributed by atoms with Crippen LogP contribution in [0.25, 0.3) is 0 Å². The van der Waals surface area contributed by atoms with Gasteiger partial charge in [-0.3, -0.25) is 0 Å². The smallest absolute Gasteiger partial charge is 0.246 e. The fourth-order valence-electron chi connectivity index (χ4n) is 4.98. The molecule has 3 rings (SSSR count). The van der Waals surface area contributed by atoms with Crippen molar-refractivity contribution in [2.45, 2.75) is 92.9 Å². The van der Waals surface area contributed by atoms with Gasteiger partial charge in [-0.1, -0.05) is 91.8 Å². The molecular formula is C30H43N2O+. The van der Waals surface area contributed by atoms with Crippen LogP contribution in [0.5, 0.6) is 0 Å². The fraction of sp³-hybridized carbons (Fsp3) is 0.533. The lowest BCUT2D eigenvalue weighted by Gasteiger charge is -2.34. The number of para-hydroxylation sites is 2. The van der Waals surface area contributed by atoms with E-state index in [4.69, 9.17) is 0 Å². The lowest BCUT2D eigenvalue weighted by Crippen LogP contribution is -2.51. The third-order valence-electron chi connectivity index (χ3n) is 6.83. The molecule has 0 fully saturated rings. The second-order valence-electron chi connectivity index (χ2n) is 11.5. The highest BCUT2D eigenvalue weighted by Gasteiger charge is 2.46. The van der Waals surface area contributed by atoms with E-state index in [2.05, 4.69) is 117 Å². The topological polar surface area (TPSA) is 23.3 Å². The maximum Gasteiger partial charge on any atom is 0.323 e. The van der Waals surface area contributed by atoms with E-state index in [1.54, 1.807) is 0 Å². The number of hydrogen-bond donors (Lipinski definition) is 0. The zero-order chi connectivity index (χ0) is 24.7. The van der Waals surface area contributed by atoms with Gasteiger partial charge in [0.05, 0.1) is 0 Å². The highest BCUT2D eigenvalue weighted by atomic mass is 16.2. The van der Waals surface area contributed by atoms with Gasteiger partial charge in [-0.2, -0.15) is 4.90 Å². The van der Waals surface area contributed by atoms with Crippen molar-refractivity contribution < 1.29 is 9.37 Å². The Morgan fingerprint density at radius 2 is 1.12 bits per heavy atom. The maximum absolute atomic E-state index is 13.9. The van der Waals surface area contributed by atoms with E-state index in [0.29, 0.717) is 30.2 Å². The molecule has 3 heteroatoms. The predicted molar refractivity (Wildman–Crippen MR) is 141 cm³/mol. The molecule has 0 aliphatic carbocycles. The van der Waals surface area contributed by atoms with Gasteiger partial charge in [0.1, 0.15) is 23.3 Å². The van der Waals surface area contributed by atoms with Crippen LogP contribution in [0.1, 0.15) is 115 Å². The predicted octanol–water partition coefficient (Wildman–Crippen LogP) is 7.93. The number of carbonyl (C=O) groups is 1. The van der Waals surface area contributed by atoms with E-state index >= 15 is 0 Å². The lowest BCUT2D eigenvalue weighted by atomic mass is 9.85. The second-order valence-corrected chi connectivity index (χ2v) is 11.5. The molecule has 1 amide bonds. The molecule has 0 saturated heterocycles. The van der Waals surface area contributed by atoms with Gasteiger partial charge in [-0.15, -0.1) is 0 Å². The molecule has 0 aromatic heterocycles. The molecule has 33 heavy (non-hydrogen) atoms. The first-order valence-corrected chi connectivity index (χ1v) is 12.6. The summed E-state index contributed by atoms with van der Waals surface area (Å²) in [7, 11) is 0. The van der Waals surface area contributed by atoms with Crippen LogP contribution in [0.15, 0.2) is 36.4 Å². The van der Waals surface area contributed by atoms with Gasteiger partial charge in [-0.25, -0.2) is 9.37 Å². The van der Waals surface area contributed by atoms with E-state index in [1.165, 1.54) is 27.9 Å². The van der Waals surface area contributed by atoms with Gasteiger partial charge in [0.25, 0.3) is 6.34 Å². The minimum atomic E-state index is -0.509. The highest BCUT2D eigenvalue weighted by molar-refractivity contribution is 6.12. The lowest BCUT2D eigenvalue weighted by molar-refractivity contribution is -0.454. The summed E-state index contributed by atoms with van der Waals surface area (Å²) in [5.74, 6) is 1.62. The maximum atomic E-state index is 13.9. The summed E-state index contributed by atoms with van der Waals surface area (Å²) in [6, 6.07) is 13.2. The van der Waals surface area contributed by atoms with Crippen LogP contribution in [0.4, 0.5) is 11.4 Å². The normalized spacial score (nSPS) is 16.4. The Bertz CT molecular complexity index is 1000. The van der Waals surface area contributed by atoms with E-state index in [9.17, 15) is 4.79 Å². The van der Waals surface area contributed by atoms with Crippen molar-refractivity contribution in [3.8, 4) is 0 Å². The second kappa shape index (κ2) is 9.44. The summed E-state index contributed by atoms with van der Waals surface area (Å²) >= 11 is 0. The van der Waals surface area contributed by atoms with E-state index in [0.717, 1.165) is 5.69 Å². The van der Waals surface area contributed by atoms with Crippen LogP contribution in [-0.2, 0) is 4.79 Å². The molecule has 1 heterocycles. The first-order valence-electron chi connectivity index (χ1n) is 12.6. The fourth-order valence-corrected chi connectivity index (χ4v) is 4.98. The summed E-state index contributed by atoms with van der Waals surface area (Å²) in [6.45, 7) is 22.7. The number of hydrogen-bond acceptors (Lipinski definition) is 1. The van der Waals surface area contributed by atoms with Crippen molar-refractivity contribution in [2.75, 3.05) is 11.4 Å². The molecule has 0 N–H and O–H groups in total. The Morgan fingerprint density at radius 3 is 1.52 bits per heavy atom. The van der Waals surface area contributed by atoms with Crippen molar-refractivity contribution in [2.24, 2.45) is 5.41 Å². The number of rotatable bonds is 6. The molecule has 0 atom stereocenters. The summed E-state index contributed by atoms with van der Waals surface area (Å²) in [4.78, 5) is 15.8. The van der Waals surface area contributed by atoms with Crippen LogP contribution < -0.4 is 4.90 Å². The first-order chi connectivity index (χ1) is 15.4. The number of benzene rings is 2. The van der Waals surface area contributed by atoms with Crippen molar-refractivity contribution in [1.82, 2.24) is 0 Å². The Labute approximate surface area is 201 Å². The zero-order valence-electron chi connectivity index (χ0n) is 22.4. The van der Waals surface area contributed by atoms with Crippen LogP contribution in [0, 0.1) is 5.41 Å². The van der Waals surface area contributed by atoms with Crippen molar-refractivity contribution in [3.63, 3.8) is 0 Å². The third kappa shape index (κ3) is 4.78. The van der Waals surface area contributed by atoms with E-state index < -0.39 is 5.41 Å². The Kier molecular flexibility index (Phi) is 7.21. The summed E-state index contributed by atoms with van der Waals surface area (Å²) < 4.78 is 2.35. The largest absolute Gasteiger partial charge is 0.323 e. The molecule has 2 aromatic rings. The molecule has 0 saturated carbocycles. The molecule has 178 valence electrons. The summed E-state index contributed by atoms with van der Waals surface area (Å²) in [6.07, 6.45) is 2.09. The quantitative estimate of drug-likeness (QED) is 0.412. The molecule has 2 aromatic carbocycles. The third-order valence-corrected chi connectivity index (χ3v) is 6.83. The van der Waals surface area contributed by atoms with Crippen LogP contribution >= 0.6 is 0 Å². The van der Waals surface area contributed by atoms with Crippen molar-refractivity contribution in [3.05, 3.63) is 58.7 Å². The van der Waals surface area contributed by atoms with Crippen LogP contribution in [-0.4, -0.2) is 23.4 Å². The Morgan fingerprint density at radius 1 is 0.727 bits per heavy atom.